The second-order valence-corrected chi connectivity index (χ2v) is 7.19. The number of benzene rings is 2. The summed E-state index contributed by atoms with van der Waals surface area (Å²) in [6.07, 6.45) is 3.00. The first-order valence-electron chi connectivity index (χ1n) is 9.83. The van der Waals surface area contributed by atoms with E-state index in [1.165, 1.54) is 32.4 Å². The minimum absolute atomic E-state index is 0.0719. The normalized spacial score (nSPS) is 15.2. The lowest BCUT2D eigenvalue weighted by molar-refractivity contribution is -0.122. The van der Waals surface area contributed by atoms with Crippen molar-refractivity contribution in [2.45, 2.75) is 6.54 Å². The Morgan fingerprint density at radius 2 is 1.85 bits per heavy atom. The Bertz CT molecular complexity index is 1340. The van der Waals surface area contributed by atoms with E-state index in [0.717, 1.165) is 4.90 Å². The summed E-state index contributed by atoms with van der Waals surface area (Å²) in [5, 5.41) is 2.89. The number of anilines is 1. The summed E-state index contributed by atoms with van der Waals surface area (Å²) in [6, 6.07) is 10.8. The molecule has 33 heavy (non-hydrogen) atoms. The number of nitrogens with two attached hydrogens (primary N) is 1. The number of amides is 5. The summed E-state index contributed by atoms with van der Waals surface area (Å²) in [5.41, 5.74) is 6.45. The molecular formula is C23H20N4O6. The van der Waals surface area contributed by atoms with Crippen LogP contribution >= 0.6 is 0 Å². The van der Waals surface area contributed by atoms with Crippen LogP contribution in [0.1, 0.15) is 5.56 Å². The summed E-state index contributed by atoms with van der Waals surface area (Å²) in [5.74, 6) is -1.51. The maximum absolute atomic E-state index is 13.3. The molecule has 2 heterocycles. The number of primary amides is 1. The Hall–Kier alpha value is -4.60. The Balaban J connectivity index is 1.81. The van der Waals surface area contributed by atoms with E-state index >= 15 is 0 Å². The smallest absolute Gasteiger partial charge is 0.336 e. The predicted octanol–water partition coefficient (Wildman–Crippen LogP) is 1.81. The first-order valence-corrected chi connectivity index (χ1v) is 9.83. The molecule has 168 valence electrons. The van der Waals surface area contributed by atoms with Gasteiger partial charge in [0.15, 0.2) is 0 Å². The molecule has 0 bridgehead atoms. The third-order valence-corrected chi connectivity index (χ3v) is 5.17. The monoisotopic (exact) mass is 448 g/mol. The lowest BCUT2D eigenvalue weighted by Gasteiger charge is -2.27. The quantitative estimate of drug-likeness (QED) is 0.437. The van der Waals surface area contributed by atoms with Crippen molar-refractivity contribution in [2.24, 2.45) is 5.73 Å². The van der Waals surface area contributed by atoms with Gasteiger partial charge in [-0.05, 0) is 24.3 Å². The highest BCUT2D eigenvalue weighted by Gasteiger charge is 2.38. The number of hydrogen-bond acceptors (Lipinski definition) is 6. The molecule has 1 fully saturated rings. The lowest BCUT2D eigenvalue weighted by Crippen LogP contribution is -2.54. The molecule has 10 nitrogen and oxygen atoms in total. The molecule has 1 aromatic heterocycles. The first-order chi connectivity index (χ1) is 15.8. The predicted molar refractivity (Wildman–Crippen MR) is 120 cm³/mol. The van der Waals surface area contributed by atoms with Gasteiger partial charge in [0.05, 0.1) is 19.9 Å². The van der Waals surface area contributed by atoms with Crippen LogP contribution in [-0.4, -0.2) is 42.5 Å². The third kappa shape index (κ3) is 3.89. The SMILES string of the molecule is COc1ccc(N2C(=O)NC(=O)C(=Cc3cn(CC(N)=O)c4ccccc34)C2=O)c(OC)c1. The highest BCUT2D eigenvalue weighted by Crippen LogP contribution is 2.34. The number of rotatable bonds is 6. The van der Waals surface area contributed by atoms with Gasteiger partial charge in [-0.15, -0.1) is 0 Å². The van der Waals surface area contributed by atoms with Crippen LogP contribution in [0.4, 0.5) is 10.5 Å². The van der Waals surface area contributed by atoms with Crippen molar-refractivity contribution in [2.75, 3.05) is 19.1 Å². The van der Waals surface area contributed by atoms with Crippen LogP contribution < -0.4 is 25.4 Å². The molecule has 1 aliphatic heterocycles. The van der Waals surface area contributed by atoms with E-state index in [4.69, 9.17) is 15.2 Å². The molecule has 0 unspecified atom stereocenters. The number of ether oxygens (including phenoxy) is 2. The van der Waals surface area contributed by atoms with E-state index in [1.807, 2.05) is 0 Å². The van der Waals surface area contributed by atoms with Gasteiger partial charge in [0.25, 0.3) is 11.8 Å². The number of urea groups is 1. The summed E-state index contributed by atoms with van der Waals surface area (Å²) in [7, 11) is 2.86. The van der Waals surface area contributed by atoms with Crippen molar-refractivity contribution in [1.82, 2.24) is 9.88 Å². The Kier molecular flexibility index (Phi) is 5.57. The fourth-order valence-corrected chi connectivity index (χ4v) is 3.69. The van der Waals surface area contributed by atoms with Gasteiger partial charge < -0.3 is 19.8 Å². The minimum Gasteiger partial charge on any atom is -0.497 e. The van der Waals surface area contributed by atoms with Gasteiger partial charge in [0.2, 0.25) is 5.91 Å². The Morgan fingerprint density at radius 1 is 1.09 bits per heavy atom. The molecule has 0 saturated carbocycles. The van der Waals surface area contributed by atoms with Crippen LogP contribution in [0.5, 0.6) is 11.5 Å². The molecule has 0 radical (unpaired) electrons. The van der Waals surface area contributed by atoms with Crippen LogP contribution in [0.3, 0.4) is 0 Å². The van der Waals surface area contributed by atoms with E-state index in [-0.39, 0.29) is 23.6 Å². The number of carbonyl (C=O) groups excluding carboxylic acids is 4. The minimum atomic E-state index is -0.901. The second-order valence-electron chi connectivity index (χ2n) is 7.19. The Morgan fingerprint density at radius 3 is 2.55 bits per heavy atom. The molecule has 10 heteroatoms. The molecule has 1 aliphatic rings. The van der Waals surface area contributed by atoms with Crippen LogP contribution in [0.2, 0.25) is 0 Å². The van der Waals surface area contributed by atoms with Crippen LogP contribution in [0.15, 0.2) is 54.2 Å². The third-order valence-electron chi connectivity index (χ3n) is 5.17. The van der Waals surface area contributed by atoms with Gasteiger partial charge >= 0.3 is 6.03 Å². The number of nitrogens with one attached hydrogen (secondary N) is 1. The number of barbiturate groups is 1. The molecule has 3 aromatic rings. The summed E-state index contributed by atoms with van der Waals surface area (Å²) in [6.45, 7) is -0.0719. The zero-order chi connectivity index (χ0) is 23.7. The van der Waals surface area contributed by atoms with E-state index in [2.05, 4.69) is 5.32 Å². The van der Waals surface area contributed by atoms with Crippen molar-refractivity contribution in [3.8, 4) is 11.5 Å². The maximum Gasteiger partial charge on any atom is 0.336 e. The number of nitrogens with zero attached hydrogens (tertiary/aromatic N) is 2. The molecule has 4 rings (SSSR count). The van der Waals surface area contributed by atoms with Gasteiger partial charge in [-0.2, -0.15) is 0 Å². The van der Waals surface area contributed by atoms with Crippen LogP contribution in [-0.2, 0) is 20.9 Å². The number of fused-ring (bicyclic) bond motifs is 1. The topological polar surface area (TPSA) is 133 Å². The number of para-hydroxylation sites is 1. The summed E-state index contributed by atoms with van der Waals surface area (Å²) >= 11 is 0. The molecule has 0 spiro atoms. The summed E-state index contributed by atoms with van der Waals surface area (Å²) in [4.78, 5) is 50.8. The average molecular weight is 448 g/mol. The van der Waals surface area contributed by atoms with Crippen LogP contribution in [0, 0.1) is 0 Å². The van der Waals surface area contributed by atoms with Gasteiger partial charge in [-0.1, -0.05) is 18.2 Å². The zero-order valence-corrected chi connectivity index (χ0v) is 17.8. The van der Waals surface area contributed by atoms with Crippen molar-refractivity contribution in [3.63, 3.8) is 0 Å². The van der Waals surface area contributed by atoms with Gasteiger partial charge in [0.1, 0.15) is 23.6 Å². The van der Waals surface area contributed by atoms with E-state index < -0.39 is 23.8 Å². The van der Waals surface area contributed by atoms with Gasteiger partial charge in [-0.3, -0.25) is 19.7 Å². The molecule has 1 saturated heterocycles. The average Bonchev–Trinajstić information content (AvgIpc) is 3.13. The van der Waals surface area contributed by atoms with Gasteiger partial charge in [0, 0.05) is 28.7 Å². The number of hydrogen-bond donors (Lipinski definition) is 2. The molecule has 2 aromatic carbocycles. The number of aromatic nitrogens is 1. The van der Waals surface area contributed by atoms with Crippen LogP contribution in [0.25, 0.3) is 17.0 Å². The Labute approximate surface area is 188 Å². The zero-order valence-electron chi connectivity index (χ0n) is 17.8. The highest BCUT2D eigenvalue weighted by molar-refractivity contribution is 6.39. The highest BCUT2D eigenvalue weighted by atomic mass is 16.5. The molecule has 0 atom stereocenters. The van der Waals surface area contributed by atoms with Crippen molar-refractivity contribution < 1.29 is 28.7 Å². The number of carbonyl (C=O) groups is 4. The second kappa shape index (κ2) is 8.50. The van der Waals surface area contributed by atoms with Crippen molar-refractivity contribution >= 4 is 46.4 Å². The fourth-order valence-electron chi connectivity index (χ4n) is 3.69. The lowest BCUT2D eigenvalue weighted by atomic mass is 10.1. The van der Waals surface area contributed by atoms with Crippen molar-refractivity contribution in [3.05, 3.63) is 59.8 Å². The van der Waals surface area contributed by atoms with E-state index in [1.54, 1.807) is 41.1 Å². The maximum atomic E-state index is 13.3. The molecule has 3 N–H and O–H groups in total. The number of methoxy groups -OCH3 is 2. The van der Waals surface area contributed by atoms with E-state index in [0.29, 0.717) is 22.2 Å². The van der Waals surface area contributed by atoms with E-state index in [9.17, 15) is 19.2 Å². The summed E-state index contributed by atoms with van der Waals surface area (Å²) < 4.78 is 12.1. The molecular weight excluding hydrogens is 428 g/mol. The standard InChI is InChI=1S/C23H20N4O6/c1-32-14-7-8-18(19(10-14)33-2)27-22(30)16(21(29)25-23(27)31)9-13-11-26(12-20(24)28)17-6-4-3-5-15(13)17/h3-11H,12H2,1-2H3,(H2,24,28)(H,25,29,31). The molecule has 5 amide bonds. The van der Waals surface area contributed by atoms with Crippen molar-refractivity contribution in [1.29, 1.82) is 0 Å². The van der Waals surface area contributed by atoms with Gasteiger partial charge in [-0.25, -0.2) is 9.69 Å². The first kappa shape index (κ1) is 21.6. The number of imide groups is 2. The largest absolute Gasteiger partial charge is 0.497 e. The molecule has 0 aliphatic carbocycles. The fraction of sp³-hybridized carbons (Fsp3) is 0.130.